The molecule has 2 aliphatic rings. The molecular formula is C25H35FN4O2. The van der Waals surface area contributed by atoms with Gasteiger partial charge in [0.05, 0.1) is 29.3 Å². The van der Waals surface area contributed by atoms with Gasteiger partial charge in [-0.2, -0.15) is 5.17 Å². The quantitative estimate of drug-likeness (QED) is 0.634. The number of anilines is 3. The largest absolute Gasteiger partial charge is 0.373 e. The lowest BCUT2D eigenvalue weighted by molar-refractivity contribution is -0.0720. The molecule has 0 aliphatic carbocycles. The van der Waals surface area contributed by atoms with Crippen LogP contribution in [0.3, 0.4) is 0 Å². The van der Waals surface area contributed by atoms with E-state index in [0.29, 0.717) is 23.0 Å². The molecule has 0 saturated carbocycles. The SMILES string of the molecule is Cc1ccc(N(O)Nc2cccc(F)c2N2CCC(CN3CC(C)OC(C)C3)CC2)cc1. The summed E-state index contributed by atoms with van der Waals surface area (Å²) in [5.41, 5.74) is 5.74. The van der Waals surface area contributed by atoms with Crippen molar-refractivity contribution < 1.29 is 14.3 Å². The fraction of sp³-hybridized carbons (Fsp3) is 0.520. The van der Waals surface area contributed by atoms with Crippen molar-refractivity contribution >= 4 is 17.1 Å². The van der Waals surface area contributed by atoms with Crippen LogP contribution in [0, 0.1) is 18.7 Å². The third kappa shape index (κ3) is 5.52. The normalized spacial score (nSPS) is 22.7. The van der Waals surface area contributed by atoms with E-state index in [-0.39, 0.29) is 18.0 Å². The molecule has 2 aromatic rings. The van der Waals surface area contributed by atoms with Crippen molar-refractivity contribution in [1.82, 2.24) is 4.90 Å². The fourth-order valence-corrected chi connectivity index (χ4v) is 4.93. The molecule has 0 spiro atoms. The van der Waals surface area contributed by atoms with Crippen LogP contribution in [-0.2, 0) is 4.74 Å². The number of para-hydroxylation sites is 1. The summed E-state index contributed by atoms with van der Waals surface area (Å²) in [6.07, 6.45) is 2.60. The van der Waals surface area contributed by atoms with E-state index in [1.54, 1.807) is 12.1 Å². The summed E-state index contributed by atoms with van der Waals surface area (Å²) in [7, 11) is 0. The average Bonchev–Trinajstić information content (AvgIpc) is 2.74. The van der Waals surface area contributed by atoms with E-state index in [1.165, 1.54) is 6.07 Å². The molecule has 7 heteroatoms. The van der Waals surface area contributed by atoms with Gasteiger partial charge < -0.3 is 9.64 Å². The van der Waals surface area contributed by atoms with Crippen molar-refractivity contribution in [1.29, 1.82) is 0 Å². The summed E-state index contributed by atoms with van der Waals surface area (Å²) < 4.78 is 20.7. The Morgan fingerprint density at radius 1 is 1.06 bits per heavy atom. The second-order valence-electron chi connectivity index (χ2n) is 9.30. The molecule has 4 rings (SSSR count). The maximum Gasteiger partial charge on any atom is 0.148 e. The maximum absolute atomic E-state index is 14.9. The molecule has 2 heterocycles. The Kier molecular flexibility index (Phi) is 7.18. The predicted octanol–water partition coefficient (Wildman–Crippen LogP) is 4.68. The zero-order valence-electron chi connectivity index (χ0n) is 19.3. The van der Waals surface area contributed by atoms with Crippen LogP contribution >= 0.6 is 0 Å². The van der Waals surface area contributed by atoms with E-state index in [0.717, 1.165) is 56.3 Å². The molecule has 0 aromatic heterocycles. The number of ether oxygens (including phenoxy) is 1. The van der Waals surface area contributed by atoms with Crippen molar-refractivity contribution in [3.8, 4) is 0 Å². The van der Waals surface area contributed by atoms with Crippen molar-refractivity contribution in [3.05, 3.63) is 53.8 Å². The monoisotopic (exact) mass is 442 g/mol. The van der Waals surface area contributed by atoms with E-state index in [9.17, 15) is 9.60 Å². The number of benzene rings is 2. The number of nitrogens with one attached hydrogen (secondary N) is 1. The van der Waals surface area contributed by atoms with Gasteiger partial charge in [-0.3, -0.25) is 15.5 Å². The number of hydrogen-bond donors (Lipinski definition) is 2. The summed E-state index contributed by atoms with van der Waals surface area (Å²) >= 11 is 0. The van der Waals surface area contributed by atoms with Gasteiger partial charge in [0.2, 0.25) is 0 Å². The van der Waals surface area contributed by atoms with Crippen LogP contribution in [0.1, 0.15) is 32.3 Å². The van der Waals surface area contributed by atoms with Gasteiger partial charge in [-0.05, 0) is 63.8 Å². The first kappa shape index (κ1) is 22.8. The molecule has 32 heavy (non-hydrogen) atoms. The van der Waals surface area contributed by atoms with Crippen LogP contribution in [0.15, 0.2) is 42.5 Å². The lowest BCUT2D eigenvalue weighted by atomic mass is 9.95. The average molecular weight is 443 g/mol. The number of aryl methyl sites for hydroxylation is 1. The molecule has 0 radical (unpaired) electrons. The van der Waals surface area contributed by atoms with E-state index in [1.807, 2.05) is 31.2 Å². The molecule has 6 nitrogen and oxygen atoms in total. The molecule has 0 amide bonds. The standard InChI is InChI=1S/C25H35FN4O2/c1-18-7-9-22(10-8-18)30(31)27-24-6-4-5-23(26)25(24)29-13-11-21(12-14-29)17-28-15-19(2)32-20(3)16-28/h4-10,19-21,27,31H,11-17H2,1-3H3. The summed E-state index contributed by atoms with van der Waals surface area (Å²) in [6.45, 7) is 10.9. The molecule has 2 unspecified atom stereocenters. The Bertz CT molecular complexity index is 876. The molecule has 2 saturated heterocycles. The van der Waals surface area contributed by atoms with E-state index >= 15 is 0 Å². The first-order chi connectivity index (χ1) is 15.4. The highest BCUT2D eigenvalue weighted by Crippen LogP contribution is 2.33. The predicted molar refractivity (Wildman–Crippen MR) is 127 cm³/mol. The molecule has 2 atom stereocenters. The van der Waals surface area contributed by atoms with Gasteiger partial charge in [0.1, 0.15) is 5.82 Å². The van der Waals surface area contributed by atoms with Crippen LogP contribution in [0.2, 0.25) is 0 Å². The highest BCUT2D eigenvalue weighted by atomic mass is 19.1. The number of hydrazine groups is 1. The molecule has 2 aromatic carbocycles. The minimum Gasteiger partial charge on any atom is -0.373 e. The van der Waals surface area contributed by atoms with E-state index in [4.69, 9.17) is 4.74 Å². The first-order valence-electron chi connectivity index (χ1n) is 11.6. The van der Waals surface area contributed by atoms with E-state index < -0.39 is 0 Å². The lowest BCUT2D eigenvalue weighted by Crippen LogP contribution is -2.48. The summed E-state index contributed by atoms with van der Waals surface area (Å²) in [6, 6.07) is 12.4. The second-order valence-corrected chi connectivity index (χ2v) is 9.30. The van der Waals surface area contributed by atoms with Crippen molar-refractivity contribution in [2.75, 3.05) is 48.2 Å². The van der Waals surface area contributed by atoms with Crippen molar-refractivity contribution in [3.63, 3.8) is 0 Å². The zero-order valence-corrected chi connectivity index (χ0v) is 19.3. The summed E-state index contributed by atoms with van der Waals surface area (Å²) in [5.74, 6) is 0.329. The van der Waals surface area contributed by atoms with Gasteiger partial charge in [-0.1, -0.05) is 23.8 Å². The van der Waals surface area contributed by atoms with Gasteiger partial charge in [0.15, 0.2) is 0 Å². The van der Waals surface area contributed by atoms with Gasteiger partial charge in [0.25, 0.3) is 0 Å². The Labute approximate surface area is 190 Å². The number of piperidine rings is 1. The number of hydrogen-bond acceptors (Lipinski definition) is 6. The number of nitrogens with zero attached hydrogens (tertiary/aromatic N) is 3. The molecule has 174 valence electrons. The second kappa shape index (κ2) is 10.1. The van der Waals surface area contributed by atoms with Crippen LogP contribution in [0.5, 0.6) is 0 Å². The molecule has 0 bridgehead atoms. The number of halogens is 1. The van der Waals surface area contributed by atoms with Gasteiger partial charge >= 0.3 is 0 Å². The van der Waals surface area contributed by atoms with Gasteiger partial charge in [-0.25, -0.2) is 4.39 Å². The van der Waals surface area contributed by atoms with Crippen LogP contribution in [-0.4, -0.2) is 55.0 Å². The Balaban J connectivity index is 1.39. The highest BCUT2D eigenvalue weighted by molar-refractivity contribution is 5.72. The topological polar surface area (TPSA) is 51.2 Å². The minimum atomic E-state index is -0.276. The van der Waals surface area contributed by atoms with Crippen LogP contribution in [0.25, 0.3) is 0 Å². The smallest absolute Gasteiger partial charge is 0.148 e. The number of rotatable bonds is 6. The van der Waals surface area contributed by atoms with Crippen molar-refractivity contribution in [2.45, 2.75) is 45.8 Å². The molecule has 2 fully saturated rings. The van der Waals surface area contributed by atoms with Crippen LogP contribution in [0.4, 0.5) is 21.5 Å². The Morgan fingerprint density at radius 3 is 2.38 bits per heavy atom. The first-order valence-corrected chi connectivity index (χ1v) is 11.6. The highest BCUT2D eigenvalue weighted by Gasteiger charge is 2.28. The van der Waals surface area contributed by atoms with Crippen molar-refractivity contribution in [2.24, 2.45) is 5.92 Å². The molecular weight excluding hydrogens is 407 g/mol. The summed E-state index contributed by atoms with van der Waals surface area (Å²) in [4.78, 5) is 4.61. The summed E-state index contributed by atoms with van der Waals surface area (Å²) in [5, 5.41) is 11.5. The lowest BCUT2D eigenvalue weighted by Gasteiger charge is -2.40. The molecule has 2 N–H and O–H groups in total. The zero-order chi connectivity index (χ0) is 22.7. The van der Waals surface area contributed by atoms with Gasteiger partial charge in [-0.15, -0.1) is 0 Å². The third-order valence-electron chi connectivity index (χ3n) is 6.43. The Hall–Kier alpha value is -2.35. The Morgan fingerprint density at radius 2 is 1.72 bits per heavy atom. The van der Waals surface area contributed by atoms with Crippen LogP contribution < -0.4 is 15.5 Å². The van der Waals surface area contributed by atoms with Gasteiger partial charge in [0, 0.05) is 32.7 Å². The van der Waals surface area contributed by atoms with E-state index in [2.05, 4.69) is 29.1 Å². The number of morpholine rings is 1. The third-order valence-corrected chi connectivity index (χ3v) is 6.43. The minimum absolute atomic E-state index is 0.276. The molecule has 2 aliphatic heterocycles. The maximum atomic E-state index is 14.9. The fourth-order valence-electron chi connectivity index (χ4n) is 4.93.